The Labute approximate surface area is 103 Å². The van der Waals surface area contributed by atoms with Crippen molar-refractivity contribution in [3.8, 4) is 0 Å². The largest absolute Gasteiger partial charge is 0.303 e. The number of nitrogens with one attached hydrogen (secondary N) is 2. The van der Waals surface area contributed by atoms with Crippen molar-refractivity contribution in [3.05, 3.63) is 11.8 Å². The highest BCUT2D eigenvalue weighted by atomic mass is 16.2. The molecule has 0 aromatic carbocycles. The minimum Gasteiger partial charge on any atom is -0.303 e. The van der Waals surface area contributed by atoms with Crippen molar-refractivity contribution in [1.29, 1.82) is 0 Å². The van der Waals surface area contributed by atoms with Crippen LogP contribution in [0.4, 0.5) is 0 Å². The van der Waals surface area contributed by atoms with Crippen LogP contribution in [0.2, 0.25) is 0 Å². The minimum atomic E-state index is -0.443. The molecule has 0 spiro atoms. The molecule has 96 valence electrons. The Morgan fingerprint density at radius 2 is 1.88 bits per heavy atom. The molecule has 4 heteroatoms. The third-order valence-corrected chi connectivity index (χ3v) is 2.67. The molecule has 0 unspecified atom stereocenters. The zero-order valence-corrected chi connectivity index (χ0v) is 11.3. The maximum atomic E-state index is 11.7. The first kappa shape index (κ1) is 13.7. The molecule has 0 atom stereocenters. The molecule has 17 heavy (non-hydrogen) atoms. The van der Waals surface area contributed by atoms with Gasteiger partial charge in [-0.3, -0.25) is 15.0 Å². The van der Waals surface area contributed by atoms with Gasteiger partial charge in [-0.15, -0.1) is 0 Å². The van der Waals surface area contributed by atoms with E-state index in [0.717, 1.165) is 12.1 Å². The van der Waals surface area contributed by atoms with Gasteiger partial charge in [0, 0.05) is 23.6 Å². The summed E-state index contributed by atoms with van der Waals surface area (Å²) in [5.41, 5.74) is 5.79. The lowest BCUT2D eigenvalue weighted by Crippen LogP contribution is -2.44. The van der Waals surface area contributed by atoms with Crippen molar-refractivity contribution >= 4 is 11.7 Å². The summed E-state index contributed by atoms with van der Waals surface area (Å²) >= 11 is 0. The van der Waals surface area contributed by atoms with Crippen LogP contribution in [-0.2, 0) is 9.59 Å². The van der Waals surface area contributed by atoms with Gasteiger partial charge in [0.2, 0.25) is 5.91 Å². The number of hydrogen-bond donors (Lipinski definition) is 2. The van der Waals surface area contributed by atoms with E-state index in [9.17, 15) is 9.59 Å². The van der Waals surface area contributed by atoms with Crippen molar-refractivity contribution in [2.24, 2.45) is 10.8 Å². The number of hydrazine groups is 1. The summed E-state index contributed by atoms with van der Waals surface area (Å²) in [4.78, 5) is 23.2. The first-order valence-electron chi connectivity index (χ1n) is 5.90. The molecule has 1 aliphatic carbocycles. The predicted molar refractivity (Wildman–Crippen MR) is 66.8 cm³/mol. The van der Waals surface area contributed by atoms with Crippen molar-refractivity contribution in [3.63, 3.8) is 0 Å². The number of allylic oxidation sites excluding steroid dienone is 2. The highest BCUT2D eigenvalue weighted by Crippen LogP contribution is 2.32. The fourth-order valence-electron chi connectivity index (χ4n) is 1.75. The molecule has 0 heterocycles. The number of amides is 1. The second-order valence-corrected chi connectivity index (χ2v) is 6.48. The lowest BCUT2D eigenvalue weighted by molar-refractivity contribution is -0.129. The van der Waals surface area contributed by atoms with Gasteiger partial charge in [-0.1, -0.05) is 34.6 Å². The maximum Gasteiger partial charge on any atom is 0.243 e. The van der Waals surface area contributed by atoms with E-state index in [-0.39, 0.29) is 17.1 Å². The summed E-state index contributed by atoms with van der Waals surface area (Å²) in [7, 11) is 0. The van der Waals surface area contributed by atoms with E-state index in [4.69, 9.17) is 0 Å². The van der Waals surface area contributed by atoms with Crippen LogP contribution in [0.1, 0.15) is 47.5 Å². The Balaban J connectivity index is 2.59. The van der Waals surface area contributed by atoms with Gasteiger partial charge in [-0.25, -0.2) is 0 Å². The first-order chi connectivity index (χ1) is 7.60. The third kappa shape index (κ3) is 4.21. The molecular formula is C13H22N2O2. The van der Waals surface area contributed by atoms with Gasteiger partial charge in [0.25, 0.3) is 0 Å². The summed E-state index contributed by atoms with van der Waals surface area (Å²) < 4.78 is 0. The lowest BCUT2D eigenvalue weighted by Gasteiger charge is -2.30. The van der Waals surface area contributed by atoms with Gasteiger partial charge in [0.05, 0.1) is 0 Å². The Bertz CT molecular complexity index is 362. The minimum absolute atomic E-state index is 0.0410. The van der Waals surface area contributed by atoms with Crippen LogP contribution in [0.5, 0.6) is 0 Å². The van der Waals surface area contributed by atoms with Crippen LogP contribution in [-0.4, -0.2) is 11.7 Å². The molecule has 1 amide bonds. The molecule has 0 fully saturated rings. The highest BCUT2D eigenvalue weighted by Gasteiger charge is 2.28. The molecule has 0 saturated carbocycles. The number of ketones is 1. The van der Waals surface area contributed by atoms with Gasteiger partial charge in [-0.05, 0) is 11.8 Å². The number of hydrogen-bond acceptors (Lipinski definition) is 3. The van der Waals surface area contributed by atoms with Crippen LogP contribution >= 0.6 is 0 Å². The predicted octanol–water partition coefficient (Wildman–Crippen LogP) is 1.93. The summed E-state index contributed by atoms with van der Waals surface area (Å²) in [5.74, 6) is 0.0167. The van der Waals surface area contributed by atoms with E-state index in [1.54, 1.807) is 6.08 Å². The van der Waals surface area contributed by atoms with Crippen LogP contribution < -0.4 is 10.9 Å². The van der Waals surface area contributed by atoms with Gasteiger partial charge < -0.3 is 5.43 Å². The monoisotopic (exact) mass is 238 g/mol. The molecule has 0 saturated heterocycles. The number of carbonyl (C=O) groups is 2. The van der Waals surface area contributed by atoms with E-state index in [0.29, 0.717) is 6.42 Å². The zero-order chi connectivity index (χ0) is 13.3. The van der Waals surface area contributed by atoms with E-state index in [2.05, 4.69) is 10.9 Å². The topological polar surface area (TPSA) is 58.2 Å². The quantitative estimate of drug-likeness (QED) is 0.723. The zero-order valence-electron chi connectivity index (χ0n) is 11.3. The van der Waals surface area contributed by atoms with Crippen LogP contribution in [0.25, 0.3) is 0 Å². The van der Waals surface area contributed by atoms with Gasteiger partial charge in [0.1, 0.15) is 0 Å². The van der Waals surface area contributed by atoms with Crippen molar-refractivity contribution < 1.29 is 9.59 Å². The molecule has 0 radical (unpaired) electrons. The number of carbonyl (C=O) groups excluding carboxylic acids is 2. The summed E-state index contributed by atoms with van der Waals surface area (Å²) in [6.07, 6.45) is 2.91. The molecule has 2 N–H and O–H groups in total. The first-order valence-corrected chi connectivity index (χ1v) is 5.90. The van der Waals surface area contributed by atoms with Gasteiger partial charge in [-0.2, -0.15) is 0 Å². The summed E-state index contributed by atoms with van der Waals surface area (Å²) in [6.45, 7) is 9.62. The molecule has 0 bridgehead atoms. The van der Waals surface area contributed by atoms with Crippen molar-refractivity contribution in [2.75, 3.05) is 0 Å². The van der Waals surface area contributed by atoms with Crippen molar-refractivity contribution in [1.82, 2.24) is 10.9 Å². The smallest absolute Gasteiger partial charge is 0.243 e. The van der Waals surface area contributed by atoms with E-state index >= 15 is 0 Å². The van der Waals surface area contributed by atoms with Gasteiger partial charge in [0.15, 0.2) is 5.78 Å². The lowest BCUT2D eigenvalue weighted by atomic mass is 9.79. The average molecular weight is 238 g/mol. The van der Waals surface area contributed by atoms with E-state index < -0.39 is 5.41 Å². The Morgan fingerprint density at radius 1 is 1.29 bits per heavy atom. The van der Waals surface area contributed by atoms with Crippen LogP contribution in [0, 0.1) is 10.8 Å². The molecule has 1 rings (SSSR count). The Morgan fingerprint density at radius 3 is 2.35 bits per heavy atom. The average Bonchev–Trinajstić information content (AvgIpc) is 2.09. The normalized spacial score (nSPS) is 19.6. The van der Waals surface area contributed by atoms with Crippen LogP contribution in [0.15, 0.2) is 11.8 Å². The Hall–Kier alpha value is -1.32. The third-order valence-electron chi connectivity index (χ3n) is 2.67. The fraction of sp³-hybridized carbons (Fsp3) is 0.692. The van der Waals surface area contributed by atoms with Crippen molar-refractivity contribution in [2.45, 2.75) is 47.5 Å². The molecule has 1 aliphatic rings. The fourth-order valence-corrected chi connectivity index (χ4v) is 1.75. The second-order valence-electron chi connectivity index (χ2n) is 6.48. The standard InChI is InChI=1S/C13H22N2O2/c1-12(2,3)11(17)15-14-9-6-10(16)8-13(4,5)7-9/h6,14H,7-8H2,1-5H3,(H,15,17). The second kappa shape index (κ2) is 4.51. The summed E-state index contributed by atoms with van der Waals surface area (Å²) in [6, 6.07) is 0. The summed E-state index contributed by atoms with van der Waals surface area (Å²) in [5, 5.41) is 0. The van der Waals surface area contributed by atoms with E-state index in [1.807, 2.05) is 34.6 Å². The van der Waals surface area contributed by atoms with E-state index in [1.165, 1.54) is 0 Å². The maximum absolute atomic E-state index is 11.7. The van der Waals surface area contributed by atoms with Gasteiger partial charge >= 0.3 is 0 Å². The molecule has 0 aromatic rings. The highest BCUT2D eigenvalue weighted by molar-refractivity contribution is 5.91. The number of rotatable bonds is 2. The van der Waals surface area contributed by atoms with Crippen LogP contribution in [0.3, 0.4) is 0 Å². The molecular weight excluding hydrogens is 216 g/mol. The Kier molecular flexibility index (Phi) is 3.65. The molecule has 4 nitrogen and oxygen atoms in total. The SMILES string of the molecule is CC1(C)CC(=O)C=C(NNC(=O)C(C)(C)C)C1. The molecule has 0 aromatic heterocycles. The molecule has 0 aliphatic heterocycles.